The number of thiophene rings is 1. The van der Waals surface area contributed by atoms with Crippen LogP contribution in [0.5, 0.6) is 0 Å². The van der Waals surface area contributed by atoms with Gasteiger partial charge < -0.3 is 14.7 Å². The molecule has 3 aliphatic rings. The number of carbonyl (C=O) groups excluding carboxylic acids is 2. The lowest BCUT2D eigenvalue weighted by molar-refractivity contribution is -0.143. The highest BCUT2D eigenvalue weighted by atomic mass is 32.2. The average molecular weight is 545 g/mol. The van der Waals surface area contributed by atoms with Crippen LogP contribution in [0.15, 0.2) is 40.6 Å². The second-order valence-electron chi connectivity index (χ2n) is 10.5. The Kier molecular flexibility index (Phi) is 7.99. The fourth-order valence-corrected chi connectivity index (χ4v) is 7.84. The van der Waals surface area contributed by atoms with Crippen molar-refractivity contribution in [2.45, 2.75) is 62.4 Å². The molecule has 8 nitrogen and oxygen atoms in total. The van der Waals surface area contributed by atoms with E-state index in [0.717, 1.165) is 49.5 Å². The molecule has 2 aromatic rings. The second-order valence-corrected chi connectivity index (χ2v) is 13.1. The van der Waals surface area contributed by atoms with E-state index in [1.54, 1.807) is 35.6 Å². The molecule has 2 unspecified atom stereocenters. The number of rotatable bonds is 8. The molecule has 1 aromatic heterocycles. The molecule has 4 heterocycles. The highest BCUT2D eigenvalue weighted by Crippen LogP contribution is 2.28. The summed E-state index contributed by atoms with van der Waals surface area (Å²) in [4.78, 5) is 33.5. The van der Waals surface area contributed by atoms with Crippen molar-refractivity contribution < 1.29 is 18.0 Å². The van der Waals surface area contributed by atoms with Gasteiger partial charge in [-0.05, 0) is 93.2 Å². The number of likely N-dealkylation sites (tertiary alicyclic amines) is 3. The zero-order valence-corrected chi connectivity index (χ0v) is 23.0. The first-order valence-electron chi connectivity index (χ1n) is 13.3. The van der Waals surface area contributed by atoms with Gasteiger partial charge in [0.05, 0.1) is 11.4 Å². The maximum atomic E-state index is 13.2. The predicted octanol–water partition coefficient (Wildman–Crippen LogP) is 3.08. The van der Waals surface area contributed by atoms with Crippen LogP contribution in [0.25, 0.3) is 10.4 Å². The summed E-state index contributed by atoms with van der Waals surface area (Å²) in [5.41, 5.74) is 2.13. The van der Waals surface area contributed by atoms with Crippen LogP contribution in [-0.2, 0) is 19.6 Å². The smallest absolute Gasteiger partial charge is 0.242 e. The third-order valence-corrected chi connectivity index (χ3v) is 10.3. The van der Waals surface area contributed by atoms with Gasteiger partial charge in [-0.15, -0.1) is 11.3 Å². The van der Waals surface area contributed by atoms with E-state index < -0.39 is 16.1 Å². The number of nitrogens with one attached hydrogen (secondary N) is 1. The van der Waals surface area contributed by atoms with Gasteiger partial charge in [0.1, 0.15) is 6.04 Å². The molecule has 2 amide bonds. The largest absolute Gasteiger partial charge is 0.337 e. The van der Waals surface area contributed by atoms with E-state index in [9.17, 15) is 18.0 Å². The molecule has 3 saturated heterocycles. The van der Waals surface area contributed by atoms with Gasteiger partial charge in [-0.25, -0.2) is 8.42 Å². The molecular weight excluding hydrogens is 508 g/mol. The lowest BCUT2D eigenvalue weighted by Gasteiger charge is -2.34. The normalized spacial score (nSPS) is 23.2. The average Bonchev–Trinajstić information content (AvgIpc) is 3.65. The van der Waals surface area contributed by atoms with Crippen molar-refractivity contribution in [3.05, 3.63) is 41.3 Å². The first-order valence-corrected chi connectivity index (χ1v) is 15.6. The first kappa shape index (κ1) is 26.3. The summed E-state index contributed by atoms with van der Waals surface area (Å²) in [5.74, 6) is -0.345. The molecule has 0 aliphatic carbocycles. The SMILES string of the molecule is Cc1csc(-c2ccc(S(=O)(=O)NC3CCCN(CC(=O)N4CCCC4CN4CCCC4)C3=O)cc2)c1. The maximum absolute atomic E-state index is 13.2. The number of carbonyl (C=O) groups is 2. The molecule has 10 heteroatoms. The Labute approximate surface area is 223 Å². The fraction of sp³-hybridized carbons (Fsp3) is 0.556. The van der Waals surface area contributed by atoms with Gasteiger partial charge in [0.25, 0.3) is 0 Å². The third kappa shape index (κ3) is 6.08. The molecule has 1 aromatic carbocycles. The lowest BCUT2D eigenvalue weighted by atomic mass is 10.1. The van der Waals surface area contributed by atoms with Crippen molar-refractivity contribution in [1.82, 2.24) is 19.4 Å². The zero-order chi connectivity index (χ0) is 26.0. The first-order chi connectivity index (χ1) is 17.8. The number of nitrogens with zero attached hydrogens (tertiary/aromatic N) is 3. The molecule has 0 radical (unpaired) electrons. The van der Waals surface area contributed by atoms with Gasteiger partial charge in [0, 0.05) is 30.6 Å². The minimum atomic E-state index is -3.87. The number of piperidine rings is 1. The molecule has 1 N–H and O–H groups in total. The van der Waals surface area contributed by atoms with Gasteiger partial charge in [0.2, 0.25) is 21.8 Å². The predicted molar refractivity (Wildman–Crippen MR) is 145 cm³/mol. The van der Waals surface area contributed by atoms with Gasteiger partial charge >= 0.3 is 0 Å². The highest BCUT2D eigenvalue weighted by Gasteiger charge is 2.36. The van der Waals surface area contributed by atoms with Crippen molar-refractivity contribution in [3.8, 4) is 10.4 Å². The minimum Gasteiger partial charge on any atom is -0.337 e. The molecule has 3 fully saturated rings. The van der Waals surface area contributed by atoms with E-state index in [2.05, 4.69) is 21.1 Å². The van der Waals surface area contributed by atoms with Crippen LogP contribution in [0.4, 0.5) is 0 Å². The van der Waals surface area contributed by atoms with Crippen LogP contribution in [-0.4, -0.2) is 86.3 Å². The standard InChI is InChI=1S/C27H36N4O4S2/c1-20-16-25(36-19-20)21-8-10-23(11-9-21)37(34,35)28-24-7-5-14-30(27(24)33)18-26(32)31-15-4-6-22(31)17-29-12-2-3-13-29/h8-11,16,19,22,24,28H,2-7,12-15,17-18H2,1H3. The molecular formula is C27H36N4O4S2. The van der Waals surface area contributed by atoms with Crippen molar-refractivity contribution in [3.63, 3.8) is 0 Å². The summed E-state index contributed by atoms with van der Waals surface area (Å²) < 4.78 is 28.8. The zero-order valence-electron chi connectivity index (χ0n) is 21.4. The van der Waals surface area contributed by atoms with Crippen LogP contribution in [0, 0.1) is 6.92 Å². The molecule has 0 spiro atoms. The minimum absolute atomic E-state index is 0.0164. The van der Waals surface area contributed by atoms with Crippen LogP contribution in [0.1, 0.15) is 44.1 Å². The molecule has 3 aliphatic heterocycles. The highest BCUT2D eigenvalue weighted by molar-refractivity contribution is 7.89. The quantitative estimate of drug-likeness (QED) is 0.552. The number of amides is 2. The Balaban J connectivity index is 1.20. The van der Waals surface area contributed by atoms with E-state index in [1.807, 2.05) is 11.8 Å². The van der Waals surface area contributed by atoms with Gasteiger partial charge in [-0.3, -0.25) is 9.59 Å². The molecule has 0 bridgehead atoms. The number of aryl methyl sites for hydroxylation is 1. The Bertz CT molecular complexity index is 1220. The summed E-state index contributed by atoms with van der Waals surface area (Å²) in [6.45, 7) is 6.36. The summed E-state index contributed by atoms with van der Waals surface area (Å²) in [7, 11) is -3.87. The van der Waals surface area contributed by atoms with Crippen LogP contribution in [0.2, 0.25) is 0 Å². The van der Waals surface area contributed by atoms with E-state index in [-0.39, 0.29) is 29.3 Å². The van der Waals surface area contributed by atoms with Crippen molar-refractivity contribution in [2.24, 2.45) is 0 Å². The number of benzene rings is 1. The Morgan fingerprint density at radius 3 is 2.46 bits per heavy atom. The molecule has 2 atom stereocenters. The summed E-state index contributed by atoms with van der Waals surface area (Å²) in [6.07, 6.45) is 5.52. The number of hydrogen-bond acceptors (Lipinski definition) is 6. The van der Waals surface area contributed by atoms with Crippen molar-refractivity contribution >= 4 is 33.2 Å². The number of hydrogen-bond donors (Lipinski definition) is 1. The summed E-state index contributed by atoms with van der Waals surface area (Å²) in [6, 6.07) is 8.17. The monoisotopic (exact) mass is 544 g/mol. The van der Waals surface area contributed by atoms with Crippen LogP contribution < -0.4 is 4.72 Å². The summed E-state index contributed by atoms with van der Waals surface area (Å²) >= 11 is 1.62. The Morgan fingerprint density at radius 2 is 1.76 bits per heavy atom. The van der Waals surface area contributed by atoms with E-state index >= 15 is 0 Å². The Hall–Kier alpha value is -2.27. The summed E-state index contributed by atoms with van der Waals surface area (Å²) in [5, 5.41) is 2.06. The number of sulfonamides is 1. The second kappa shape index (κ2) is 11.2. The van der Waals surface area contributed by atoms with Gasteiger partial charge in [0.15, 0.2) is 0 Å². The van der Waals surface area contributed by atoms with E-state index in [4.69, 9.17) is 0 Å². The molecule has 200 valence electrons. The third-order valence-electron chi connectivity index (χ3n) is 7.70. The lowest BCUT2D eigenvalue weighted by Crippen LogP contribution is -2.55. The molecule has 37 heavy (non-hydrogen) atoms. The molecule has 0 saturated carbocycles. The molecule has 5 rings (SSSR count). The van der Waals surface area contributed by atoms with Crippen molar-refractivity contribution in [1.29, 1.82) is 0 Å². The van der Waals surface area contributed by atoms with Crippen LogP contribution in [0.3, 0.4) is 0 Å². The Morgan fingerprint density at radius 1 is 1.03 bits per heavy atom. The topological polar surface area (TPSA) is 90.0 Å². The van der Waals surface area contributed by atoms with Gasteiger partial charge in [-0.1, -0.05) is 12.1 Å². The maximum Gasteiger partial charge on any atom is 0.242 e. The van der Waals surface area contributed by atoms with Gasteiger partial charge in [-0.2, -0.15) is 4.72 Å². The fourth-order valence-electron chi connectivity index (χ4n) is 5.71. The van der Waals surface area contributed by atoms with Crippen LogP contribution >= 0.6 is 11.3 Å². The van der Waals surface area contributed by atoms with E-state index in [1.165, 1.54) is 23.3 Å². The van der Waals surface area contributed by atoms with E-state index in [0.29, 0.717) is 19.4 Å². The van der Waals surface area contributed by atoms with Crippen molar-refractivity contribution in [2.75, 3.05) is 39.3 Å².